The summed E-state index contributed by atoms with van der Waals surface area (Å²) in [6.07, 6.45) is 4.68. The third-order valence-corrected chi connectivity index (χ3v) is 4.01. The Morgan fingerprint density at radius 3 is 2.54 bits per heavy atom. The second-order valence-electron chi connectivity index (χ2n) is 5.58. The molecular weight excluding hydrogens is 308 g/mol. The molecule has 0 atom stereocenters. The number of nitrogens with one attached hydrogen (secondary N) is 1. The molecule has 3 rings (SSSR count). The second kappa shape index (κ2) is 6.91. The molecule has 1 fully saturated rings. The molecule has 8 nitrogen and oxygen atoms in total. The number of anilines is 2. The van der Waals surface area contributed by atoms with Crippen LogP contribution < -0.4 is 10.2 Å². The van der Waals surface area contributed by atoms with E-state index < -0.39 is 4.92 Å². The summed E-state index contributed by atoms with van der Waals surface area (Å²) in [6.45, 7) is 1.70. The zero-order valence-corrected chi connectivity index (χ0v) is 12.9. The Balaban J connectivity index is 1.54. The Labute approximate surface area is 138 Å². The summed E-state index contributed by atoms with van der Waals surface area (Å²) in [5.74, 6) is 1.52. The van der Waals surface area contributed by atoms with Gasteiger partial charge in [-0.25, -0.2) is 9.97 Å². The highest BCUT2D eigenvalue weighted by atomic mass is 16.6. The summed E-state index contributed by atoms with van der Waals surface area (Å²) >= 11 is 0. The zero-order chi connectivity index (χ0) is 16.9. The fraction of sp³-hybridized carbons (Fsp3) is 0.312. The van der Waals surface area contributed by atoms with Crippen molar-refractivity contribution in [3.63, 3.8) is 0 Å². The van der Waals surface area contributed by atoms with E-state index >= 15 is 0 Å². The molecule has 8 heteroatoms. The average molecular weight is 324 g/mol. The SMILES string of the molecule is N#Cc1ccc(N2CCC(Nc3ccc([N+](=O)[O-])cn3)CC2)nc1. The fourth-order valence-corrected chi connectivity index (χ4v) is 2.68. The number of rotatable bonds is 4. The van der Waals surface area contributed by atoms with Gasteiger partial charge in [-0.15, -0.1) is 0 Å². The van der Waals surface area contributed by atoms with E-state index in [-0.39, 0.29) is 11.7 Å². The van der Waals surface area contributed by atoms with E-state index in [9.17, 15) is 10.1 Å². The highest BCUT2D eigenvalue weighted by molar-refractivity contribution is 5.44. The maximum absolute atomic E-state index is 10.6. The Morgan fingerprint density at radius 2 is 2.00 bits per heavy atom. The lowest BCUT2D eigenvalue weighted by molar-refractivity contribution is -0.385. The quantitative estimate of drug-likeness (QED) is 0.679. The molecule has 2 aromatic heterocycles. The average Bonchev–Trinajstić information content (AvgIpc) is 2.63. The largest absolute Gasteiger partial charge is 0.367 e. The minimum atomic E-state index is -0.458. The van der Waals surface area contributed by atoms with Crippen molar-refractivity contribution in [1.82, 2.24) is 9.97 Å². The van der Waals surface area contributed by atoms with Crippen LogP contribution in [0.3, 0.4) is 0 Å². The van der Waals surface area contributed by atoms with Gasteiger partial charge < -0.3 is 10.2 Å². The Hall–Kier alpha value is -3.21. The van der Waals surface area contributed by atoms with Crippen LogP contribution >= 0.6 is 0 Å². The summed E-state index contributed by atoms with van der Waals surface area (Å²) in [5, 5.41) is 22.7. The smallest absolute Gasteiger partial charge is 0.287 e. The van der Waals surface area contributed by atoms with Crippen LogP contribution in [0.15, 0.2) is 36.7 Å². The van der Waals surface area contributed by atoms with Gasteiger partial charge in [0.1, 0.15) is 23.9 Å². The summed E-state index contributed by atoms with van der Waals surface area (Å²) in [7, 11) is 0. The molecule has 0 radical (unpaired) electrons. The molecule has 122 valence electrons. The van der Waals surface area contributed by atoms with Crippen LogP contribution in [0.2, 0.25) is 0 Å². The Kier molecular flexibility index (Phi) is 4.52. The number of nitro groups is 1. The lowest BCUT2D eigenvalue weighted by Gasteiger charge is -2.33. The van der Waals surface area contributed by atoms with E-state index in [0.717, 1.165) is 31.7 Å². The number of pyridine rings is 2. The van der Waals surface area contributed by atoms with E-state index in [1.807, 2.05) is 6.07 Å². The highest BCUT2D eigenvalue weighted by Crippen LogP contribution is 2.21. The Bertz CT molecular complexity index is 746. The van der Waals surface area contributed by atoms with Crippen molar-refractivity contribution in [2.75, 3.05) is 23.3 Å². The van der Waals surface area contributed by atoms with E-state index in [4.69, 9.17) is 5.26 Å². The van der Waals surface area contributed by atoms with Gasteiger partial charge in [0, 0.05) is 31.4 Å². The molecule has 24 heavy (non-hydrogen) atoms. The number of nitriles is 1. The standard InChI is InChI=1S/C16H16N6O2/c17-9-12-1-4-16(19-10-12)21-7-5-13(6-8-21)20-15-3-2-14(11-18-15)22(23)24/h1-4,10-11,13H,5-8H2,(H,18,20). The predicted molar refractivity (Wildman–Crippen MR) is 88.7 cm³/mol. The van der Waals surface area contributed by atoms with Crippen molar-refractivity contribution >= 4 is 17.3 Å². The molecule has 1 N–H and O–H groups in total. The maximum Gasteiger partial charge on any atom is 0.287 e. The van der Waals surface area contributed by atoms with Crippen LogP contribution in [0.25, 0.3) is 0 Å². The van der Waals surface area contributed by atoms with Gasteiger partial charge in [0.15, 0.2) is 0 Å². The topological polar surface area (TPSA) is 108 Å². The fourth-order valence-electron chi connectivity index (χ4n) is 2.68. The van der Waals surface area contributed by atoms with E-state index in [2.05, 4.69) is 26.3 Å². The van der Waals surface area contributed by atoms with Gasteiger partial charge in [-0.3, -0.25) is 10.1 Å². The minimum absolute atomic E-state index is 0.0118. The summed E-state index contributed by atoms with van der Waals surface area (Å²) in [4.78, 5) is 20.8. The zero-order valence-electron chi connectivity index (χ0n) is 12.9. The lowest BCUT2D eigenvalue weighted by atomic mass is 10.0. The number of piperidine rings is 1. The summed E-state index contributed by atoms with van der Waals surface area (Å²) in [6, 6.07) is 9.05. The van der Waals surface area contributed by atoms with Gasteiger partial charge in [0.2, 0.25) is 0 Å². The molecule has 0 saturated carbocycles. The molecular formula is C16H16N6O2. The first-order chi connectivity index (χ1) is 11.7. The van der Waals surface area contributed by atoms with Crippen LogP contribution in [0.1, 0.15) is 18.4 Å². The molecule has 1 saturated heterocycles. The van der Waals surface area contributed by atoms with Gasteiger partial charge in [0.05, 0.1) is 10.5 Å². The van der Waals surface area contributed by atoms with Crippen molar-refractivity contribution in [3.8, 4) is 6.07 Å². The number of hydrogen-bond donors (Lipinski definition) is 1. The molecule has 1 aliphatic heterocycles. The van der Waals surface area contributed by atoms with Gasteiger partial charge in [-0.05, 0) is 31.0 Å². The molecule has 0 amide bonds. The normalized spacial score (nSPS) is 14.9. The van der Waals surface area contributed by atoms with Gasteiger partial charge in [-0.1, -0.05) is 0 Å². The van der Waals surface area contributed by atoms with Crippen LogP contribution in [-0.4, -0.2) is 34.0 Å². The second-order valence-corrected chi connectivity index (χ2v) is 5.58. The number of hydrogen-bond acceptors (Lipinski definition) is 7. The highest BCUT2D eigenvalue weighted by Gasteiger charge is 2.20. The first-order valence-electron chi connectivity index (χ1n) is 7.64. The van der Waals surface area contributed by atoms with E-state index in [0.29, 0.717) is 11.4 Å². The molecule has 1 aliphatic rings. The van der Waals surface area contributed by atoms with Crippen molar-refractivity contribution in [2.24, 2.45) is 0 Å². The molecule has 0 spiro atoms. The van der Waals surface area contributed by atoms with Gasteiger partial charge in [-0.2, -0.15) is 5.26 Å². The van der Waals surface area contributed by atoms with Crippen molar-refractivity contribution in [2.45, 2.75) is 18.9 Å². The first kappa shape index (κ1) is 15.7. The summed E-state index contributed by atoms with van der Waals surface area (Å²) < 4.78 is 0. The van der Waals surface area contributed by atoms with Crippen LogP contribution in [0, 0.1) is 21.4 Å². The van der Waals surface area contributed by atoms with Crippen molar-refractivity contribution in [1.29, 1.82) is 5.26 Å². The molecule has 0 aromatic carbocycles. The number of aromatic nitrogens is 2. The van der Waals surface area contributed by atoms with Crippen LogP contribution in [0.5, 0.6) is 0 Å². The summed E-state index contributed by atoms with van der Waals surface area (Å²) in [5.41, 5.74) is 0.543. The molecule has 0 bridgehead atoms. The van der Waals surface area contributed by atoms with Crippen molar-refractivity contribution in [3.05, 3.63) is 52.3 Å². The van der Waals surface area contributed by atoms with Gasteiger partial charge in [0.25, 0.3) is 5.69 Å². The molecule has 0 aliphatic carbocycles. The minimum Gasteiger partial charge on any atom is -0.367 e. The Morgan fingerprint density at radius 1 is 1.21 bits per heavy atom. The number of nitrogens with zero attached hydrogens (tertiary/aromatic N) is 5. The van der Waals surface area contributed by atoms with E-state index in [1.165, 1.54) is 12.3 Å². The van der Waals surface area contributed by atoms with Crippen molar-refractivity contribution < 1.29 is 4.92 Å². The van der Waals surface area contributed by atoms with Crippen LogP contribution in [-0.2, 0) is 0 Å². The van der Waals surface area contributed by atoms with Gasteiger partial charge >= 0.3 is 0 Å². The molecule has 0 unspecified atom stereocenters. The predicted octanol–water partition coefficient (Wildman–Crippen LogP) is 2.34. The molecule has 2 aromatic rings. The monoisotopic (exact) mass is 324 g/mol. The lowest BCUT2D eigenvalue weighted by Crippen LogP contribution is -2.39. The maximum atomic E-state index is 10.6. The van der Waals surface area contributed by atoms with Crippen LogP contribution in [0.4, 0.5) is 17.3 Å². The van der Waals surface area contributed by atoms with E-state index in [1.54, 1.807) is 18.3 Å². The third-order valence-electron chi connectivity index (χ3n) is 4.01. The first-order valence-corrected chi connectivity index (χ1v) is 7.64. The third kappa shape index (κ3) is 3.57. The molecule has 3 heterocycles.